The molecule has 5 aromatic carbocycles. The maximum Gasteiger partial charge on any atom is 0.0947 e. The molecule has 2 unspecified atom stereocenters. The standard InChI is InChI=1S/C42H30N4/c1-3-8-27(9-4-1)35-22-18-29-14-16-31-20-24-37(45-41(31)39(29)43-35)33-12-7-13-34(26-33)38-25-21-32-17-15-30-19-23-36(28-10-5-2-6-11-28)44-40(30)42(32)46-38/h1-26,35-36,43-44H. The van der Waals surface area contributed by atoms with E-state index in [0.717, 1.165) is 66.8 Å². The van der Waals surface area contributed by atoms with E-state index in [2.05, 4.69) is 168 Å². The van der Waals surface area contributed by atoms with Gasteiger partial charge in [-0.2, -0.15) is 0 Å². The van der Waals surface area contributed by atoms with E-state index in [-0.39, 0.29) is 12.1 Å². The number of pyridine rings is 2. The van der Waals surface area contributed by atoms with Crippen LogP contribution in [0, 0.1) is 0 Å². The van der Waals surface area contributed by atoms with E-state index in [1.54, 1.807) is 0 Å². The van der Waals surface area contributed by atoms with Gasteiger partial charge in [0.1, 0.15) is 0 Å². The lowest BCUT2D eigenvalue weighted by Crippen LogP contribution is -2.13. The van der Waals surface area contributed by atoms with E-state index in [4.69, 9.17) is 9.97 Å². The maximum absolute atomic E-state index is 5.23. The number of hydrogen-bond donors (Lipinski definition) is 2. The molecule has 9 rings (SSSR count). The minimum atomic E-state index is 0.103. The predicted octanol–water partition coefficient (Wildman–Crippen LogP) is 10.5. The second kappa shape index (κ2) is 10.9. The molecule has 2 aliphatic heterocycles. The van der Waals surface area contributed by atoms with Crippen molar-refractivity contribution in [3.05, 3.63) is 168 Å². The van der Waals surface area contributed by atoms with Gasteiger partial charge in [-0.3, -0.25) is 0 Å². The quantitative estimate of drug-likeness (QED) is 0.214. The van der Waals surface area contributed by atoms with E-state index in [1.807, 2.05) is 0 Å². The number of benzene rings is 5. The second-order valence-electron chi connectivity index (χ2n) is 12.0. The monoisotopic (exact) mass is 590 g/mol. The first-order chi connectivity index (χ1) is 22.8. The zero-order valence-corrected chi connectivity index (χ0v) is 25.1. The Balaban J connectivity index is 1.08. The van der Waals surface area contributed by atoms with Crippen LogP contribution in [0.25, 0.3) is 56.5 Å². The smallest absolute Gasteiger partial charge is 0.0947 e. The fourth-order valence-corrected chi connectivity index (χ4v) is 6.67. The van der Waals surface area contributed by atoms with Crippen molar-refractivity contribution in [1.82, 2.24) is 9.97 Å². The first-order valence-electron chi connectivity index (χ1n) is 15.7. The van der Waals surface area contributed by atoms with E-state index < -0.39 is 0 Å². The number of fused-ring (bicyclic) bond motifs is 6. The summed E-state index contributed by atoms with van der Waals surface area (Å²) in [5.41, 5.74) is 12.9. The molecule has 0 aliphatic carbocycles. The van der Waals surface area contributed by atoms with Crippen molar-refractivity contribution in [3.8, 4) is 22.5 Å². The lowest BCUT2D eigenvalue weighted by Gasteiger charge is -2.24. The Bertz CT molecular complexity index is 2160. The van der Waals surface area contributed by atoms with Gasteiger partial charge >= 0.3 is 0 Å². The van der Waals surface area contributed by atoms with Crippen molar-refractivity contribution in [3.63, 3.8) is 0 Å². The first kappa shape index (κ1) is 26.4. The van der Waals surface area contributed by atoms with Crippen molar-refractivity contribution in [2.45, 2.75) is 12.1 Å². The molecule has 218 valence electrons. The SMILES string of the molecule is C1=CC(c2ccccc2)Nc2c1ccc1ccc(-c3cccc(-c4ccc5ccc6c(c5n4)NC(c4ccccc4)C=C6)c3)nc21. The van der Waals surface area contributed by atoms with Crippen LogP contribution in [0.15, 0.2) is 146 Å². The van der Waals surface area contributed by atoms with Gasteiger partial charge in [0, 0.05) is 21.9 Å². The molecule has 0 fully saturated rings. The molecule has 0 saturated heterocycles. The molecule has 4 heteroatoms. The summed E-state index contributed by atoms with van der Waals surface area (Å²) in [7, 11) is 0. The highest BCUT2D eigenvalue weighted by Crippen LogP contribution is 2.38. The zero-order valence-electron chi connectivity index (χ0n) is 25.1. The van der Waals surface area contributed by atoms with Gasteiger partial charge in [-0.25, -0.2) is 9.97 Å². The van der Waals surface area contributed by atoms with Gasteiger partial charge in [-0.15, -0.1) is 0 Å². The molecule has 2 aliphatic rings. The number of anilines is 2. The number of rotatable bonds is 4. The number of nitrogens with zero attached hydrogens (tertiary/aromatic N) is 2. The van der Waals surface area contributed by atoms with Crippen LogP contribution in [0.4, 0.5) is 11.4 Å². The van der Waals surface area contributed by atoms with Crippen LogP contribution >= 0.6 is 0 Å². The topological polar surface area (TPSA) is 49.8 Å². The lowest BCUT2D eigenvalue weighted by atomic mass is 9.97. The molecule has 0 bridgehead atoms. The van der Waals surface area contributed by atoms with Crippen LogP contribution in [0.3, 0.4) is 0 Å². The van der Waals surface area contributed by atoms with Crippen molar-refractivity contribution in [2.75, 3.05) is 10.6 Å². The Morgan fingerprint density at radius 3 is 1.37 bits per heavy atom. The Morgan fingerprint density at radius 2 is 0.891 bits per heavy atom. The largest absolute Gasteiger partial charge is 0.372 e. The highest BCUT2D eigenvalue weighted by atomic mass is 15.0. The molecular weight excluding hydrogens is 560 g/mol. The van der Waals surface area contributed by atoms with Crippen LogP contribution < -0.4 is 10.6 Å². The minimum Gasteiger partial charge on any atom is -0.372 e. The number of aromatic nitrogens is 2. The molecule has 2 atom stereocenters. The molecule has 0 amide bonds. The summed E-state index contributed by atoms with van der Waals surface area (Å²) in [5.74, 6) is 0. The summed E-state index contributed by atoms with van der Waals surface area (Å²) in [4.78, 5) is 10.5. The summed E-state index contributed by atoms with van der Waals surface area (Å²) in [5, 5.41) is 9.75. The Morgan fingerprint density at radius 1 is 0.435 bits per heavy atom. The Labute approximate surface area is 267 Å². The summed E-state index contributed by atoms with van der Waals surface area (Å²) in [6.07, 6.45) is 8.85. The molecule has 2 N–H and O–H groups in total. The van der Waals surface area contributed by atoms with Crippen molar-refractivity contribution < 1.29 is 0 Å². The average Bonchev–Trinajstić information content (AvgIpc) is 3.14. The molecule has 2 aromatic heterocycles. The van der Waals surface area contributed by atoms with Crippen LogP contribution in [0.2, 0.25) is 0 Å². The highest BCUT2D eigenvalue weighted by Gasteiger charge is 2.20. The van der Waals surface area contributed by atoms with E-state index in [0.29, 0.717) is 0 Å². The average molecular weight is 591 g/mol. The molecule has 0 saturated carbocycles. The van der Waals surface area contributed by atoms with Crippen molar-refractivity contribution in [2.24, 2.45) is 0 Å². The normalized spacial score (nSPS) is 16.4. The highest BCUT2D eigenvalue weighted by molar-refractivity contribution is 5.99. The Kier molecular flexibility index (Phi) is 6.24. The third kappa shape index (κ3) is 4.63. The van der Waals surface area contributed by atoms with Gasteiger partial charge in [0.2, 0.25) is 0 Å². The first-order valence-corrected chi connectivity index (χ1v) is 15.7. The van der Waals surface area contributed by atoms with Gasteiger partial charge in [0.15, 0.2) is 0 Å². The van der Waals surface area contributed by atoms with Crippen LogP contribution in [0.1, 0.15) is 34.3 Å². The maximum atomic E-state index is 5.23. The summed E-state index contributed by atoms with van der Waals surface area (Å²) >= 11 is 0. The third-order valence-corrected chi connectivity index (χ3v) is 9.10. The predicted molar refractivity (Wildman–Crippen MR) is 192 cm³/mol. The molecule has 4 heterocycles. The summed E-state index contributed by atoms with van der Waals surface area (Å²) < 4.78 is 0. The van der Waals surface area contributed by atoms with E-state index in [1.165, 1.54) is 11.1 Å². The summed E-state index contributed by atoms with van der Waals surface area (Å²) in [6.45, 7) is 0. The van der Waals surface area contributed by atoms with Crippen molar-refractivity contribution in [1.29, 1.82) is 0 Å². The van der Waals surface area contributed by atoms with Gasteiger partial charge in [0.05, 0.1) is 45.9 Å². The molecule has 46 heavy (non-hydrogen) atoms. The fraction of sp³-hybridized carbons (Fsp3) is 0.0476. The van der Waals surface area contributed by atoms with E-state index >= 15 is 0 Å². The molecular formula is C42H30N4. The fourth-order valence-electron chi connectivity index (χ4n) is 6.67. The van der Waals surface area contributed by atoms with Gasteiger partial charge in [0.25, 0.3) is 0 Å². The van der Waals surface area contributed by atoms with Crippen LogP contribution in [0.5, 0.6) is 0 Å². The van der Waals surface area contributed by atoms with Crippen LogP contribution in [-0.2, 0) is 0 Å². The zero-order chi connectivity index (χ0) is 30.5. The van der Waals surface area contributed by atoms with Gasteiger partial charge < -0.3 is 10.6 Å². The molecule has 7 aromatic rings. The number of nitrogens with one attached hydrogen (secondary N) is 2. The molecule has 0 spiro atoms. The third-order valence-electron chi connectivity index (χ3n) is 9.10. The number of hydrogen-bond acceptors (Lipinski definition) is 4. The van der Waals surface area contributed by atoms with Crippen LogP contribution in [-0.4, -0.2) is 9.97 Å². The van der Waals surface area contributed by atoms with Gasteiger partial charge in [-0.05, 0) is 40.5 Å². The lowest BCUT2D eigenvalue weighted by molar-refractivity contribution is 0.981. The van der Waals surface area contributed by atoms with Gasteiger partial charge in [-0.1, -0.05) is 140 Å². The minimum absolute atomic E-state index is 0.103. The summed E-state index contributed by atoms with van der Waals surface area (Å²) in [6, 6.07) is 47.1. The molecule has 4 nitrogen and oxygen atoms in total. The van der Waals surface area contributed by atoms with E-state index in [9.17, 15) is 0 Å². The second-order valence-corrected chi connectivity index (χ2v) is 12.0. The van der Waals surface area contributed by atoms with Crippen molar-refractivity contribution >= 4 is 45.3 Å². The Hall–Kier alpha value is -6.00. The molecule has 0 radical (unpaired) electrons.